The molecule has 1 saturated heterocycles. The van der Waals surface area contributed by atoms with Crippen molar-refractivity contribution in [1.82, 2.24) is 4.90 Å². The summed E-state index contributed by atoms with van der Waals surface area (Å²) in [6.07, 6.45) is 2.32. The number of likely N-dealkylation sites (tertiary alicyclic amines) is 1. The van der Waals surface area contributed by atoms with Gasteiger partial charge in [-0.05, 0) is 18.6 Å². The summed E-state index contributed by atoms with van der Waals surface area (Å²) >= 11 is 1.57. The number of carbonyl (C=O) groups excluding carboxylic acids is 1. The van der Waals surface area contributed by atoms with E-state index in [2.05, 4.69) is 12.1 Å². The van der Waals surface area contributed by atoms with Gasteiger partial charge < -0.3 is 10.1 Å². The van der Waals surface area contributed by atoms with Gasteiger partial charge in [0.25, 0.3) is 5.91 Å². The molecule has 0 saturated carbocycles. The van der Waals surface area contributed by atoms with Crippen molar-refractivity contribution in [3.63, 3.8) is 0 Å². The Morgan fingerprint density at radius 1 is 1.47 bits per heavy atom. The van der Waals surface area contributed by atoms with Crippen LogP contribution in [0, 0.1) is 0 Å². The van der Waals surface area contributed by atoms with E-state index in [1.807, 2.05) is 17.0 Å². The summed E-state index contributed by atoms with van der Waals surface area (Å²) in [5, 5.41) is 11.9. The van der Waals surface area contributed by atoms with Gasteiger partial charge in [-0.15, -0.1) is 11.3 Å². The molecule has 1 aromatic heterocycles. The van der Waals surface area contributed by atoms with Gasteiger partial charge in [0.15, 0.2) is 0 Å². The van der Waals surface area contributed by atoms with E-state index in [4.69, 9.17) is 5.21 Å². The van der Waals surface area contributed by atoms with Crippen LogP contribution in [-0.4, -0.2) is 34.8 Å². The second kappa shape index (κ2) is 5.31. The van der Waals surface area contributed by atoms with Gasteiger partial charge in [0, 0.05) is 30.8 Å². The molecule has 0 spiro atoms. The monoisotopic (exact) mass is 252 g/mol. The molecule has 0 aliphatic carbocycles. The van der Waals surface area contributed by atoms with Crippen LogP contribution >= 0.6 is 11.3 Å². The summed E-state index contributed by atoms with van der Waals surface area (Å²) in [6, 6.07) is 3.92. The minimum absolute atomic E-state index is 0.103. The van der Waals surface area contributed by atoms with Gasteiger partial charge in [-0.25, -0.2) is 0 Å². The molecule has 1 aliphatic heterocycles. The fraction of sp³-hybridized carbons (Fsp3) is 0.500. The number of hydrogen-bond acceptors (Lipinski definition) is 4. The van der Waals surface area contributed by atoms with Crippen LogP contribution in [0.4, 0.5) is 0 Å². The Morgan fingerprint density at radius 3 is 2.71 bits per heavy atom. The maximum atomic E-state index is 12.2. The minimum Gasteiger partial charge on any atom is -0.411 e. The van der Waals surface area contributed by atoms with Crippen LogP contribution in [0.3, 0.4) is 0 Å². The number of hydrogen-bond donors (Lipinski definition) is 1. The van der Waals surface area contributed by atoms with Crippen LogP contribution in [0.25, 0.3) is 0 Å². The van der Waals surface area contributed by atoms with Crippen molar-refractivity contribution in [2.24, 2.45) is 5.16 Å². The van der Waals surface area contributed by atoms with Crippen molar-refractivity contribution in [1.29, 1.82) is 0 Å². The Balaban J connectivity index is 2.01. The Kier molecular flexibility index (Phi) is 3.78. The van der Waals surface area contributed by atoms with Gasteiger partial charge in [-0.1, -0.05) is 12.1 Å². The molecule has 1 amide bonds. The van der Waals surface area contributed by atoms with E-state index in [1.54, 1.807) is 11.3 Å². The molecule has 92 valence electrons. The lowest BCUT2D eigenvalue weighted by Gasteiger charge is -2.26. The molecule has 0 bridgehead atoms. The first-order valence-electron chi connectivity index (χ1n) is 5.82. The molecule has 4 nitrogen and oxygen atoms in total. The van der Waals surface area contributed by atoms with Crippen LogP contribution in [0.5, 0.6) is 0 Å². The Morgan fingerprint density at radius 2 is 2.18 bits per heavy atom. The topological polar surface area (TPSA) is 52.9 Å². The molecule has 1 aliphatic rings. The smallest absolute Gasteiger partial charge is 0.263 e. The maximum absolute atomic E-state index is 12.2. The van der Waals surface area contributed by atoms with Crippen molar-refractivity contribution in [2.45, 2.75) is 26.2 Å². The zero-order chi connectivity index (χ0) is 12.3. The molecule has 17 heavy (non-hydrogen) atoms. The molecule has 1 aromatic rings. The summed E-state index contributed by atoms with van der Waals surface area (Å²) in [5.74, 6) is 0.103. The van der Waals surface area contributed by atoms with Gasteiger partial charge in [0.1, 0.15) is 0 Å². The van der Waals surface area contributed by atoms with Gasteiger partial charge in [0.05, 0.1) is 10.6 Å². The number of aryl methyl sites for hydroxylation is 1. The molecule has 2 rings (SSSR count). The highest BCUT2D eigenvalue weighted by Gasteiger charge is 2.22. The number of piperidine rings is 1. The van der Waals surface area contributed by atoms with E-state index in [9.17, 15) is 4.79 Å². The maximum Gasteiger partial charge on any atom is 0.263 e. The van der Waals surface area contributed by atoms with Crippen LogP contribution in [0.15, 0.2) is 17.3 Å². The van der Waals surface area contributed by atoms with E-state index in [0.717, 1.165) is 17.0 Å². The molecule has 0 unspecified atom stereocenters. The van der Waals surface area contributed by atoms with Gasteiger partial charge in [0.2, 0.25) is 0 Å². The van der Waals surface area contributed by atoms with Crippen molar-refractivity contribution in [3.05, 3.63) is 21.9 Å². The fourth-order valence-corrected chi connectivity index (χ4v) is 2.82. The van der Waals surface area contributed by atoms with Crippen LogP contribution < -0.4 is 0 Å². The highest BCUT2D eigenvalue weighted by atomic mass is 32.1. The average Bonchev–Trinajstić information content (AvgIpc) is 2.87. The zero-order valence-corrected chi connectivity index (χ0v) is 10.7. The third-order valence-electron chi connectivity index (χ3n) is 2.99. The number of oxime groups is 1. The quantitative estimate of drug-likeness (QED) is 0.649. The third kappa shape index (κ3) is 2.66. The second-order valence-electron chi connectivity index (χ2n) is 4.08. The first-order chi connectivity index (χ1) is 8.24. The standard InChI is InChI=1S/C12H16N2O2S/c1-2-10-3-4-11(17-10)12(15)14-7-5-9(13-16)6-8-14/h3-4,16H,2,5-8H2,1H3. The predicted molar refractivity (Wildman–Crippen MR) is 68.1 cm³/mol. The highest BCUT2D eigenvalue weighted by Crippen LogP contribution is 2.20. The fourth-order valence-electron chi connectivity index (χ4n) is 1.91. The molecule has 1 N–H and O–H groups in total. The Bertz CT molecular complexity index is 429. The van der Waals surface area contributed by atoms with Crippen molar-refractivity contribution in [2.75, 3.05) is 13.1 Å². The van der Waals surface area contributed by atoms with E-state index in [0.29, 0.717) is 25.9 Å². The lowest BCUT2D eigenvalue weighted by molar-refractivity contribution is 0.0758. The van der Waals surface area contributed by atoms with Crippen molar-refractivity contribution in [3.8, 4) is 0 Å². The van der Waals surface area contributed by atoms with Crippen LogP contribution in [0.1, 0.15) is 34.3 Å². The van der Waals surface area contributed by atoms with Crippen molar-refractivity contribution >= 4 is 23.0 Å². The van der Waals surface area contributed by atoms with Crippen LogP contribution in [0.2, 0.25) is 0 Å². The first-order valence-corrected chi connectivity index (χ1v) is 6.64. The van der Waals surface area contributed by atoms with E-state index in [-0.39, 0.29) is 5.91 Å². The number of nitrogens with zero attached hydrogens (tertiary/aromatic N) is 2. The summed E-state index contributed by atoms with van der Waals surface area (Å²) in [7, 11) is 0. The van der Waals surface area contributed by atoms with E-state index < -0.39 is 0 Å². The molecule has 5 heteroatoms. The molecular formula is C12H16N2O2S. The largest absolute Gasteiger partial charge is 0.411 e. The number of thiophene rings is 1. The normalized spacial score (nSPS) is 16.1. The number of amides is 1. The highest BCUT2D eigenvalue weighted by molar-refractivity contribution is 7.14. The van der Waals surface area contributed by atoms with E-state index in [1.165, 1.54) is 4.88 Å². The molecule has 2 heterocycles. The third-order valence-corrected chi connectivity index (χ3v) is 4.21. The molecule has 0 radical (unpaired) electrons. The van der Waals surface area contributed by atoms with Crippen LogP contribution in [-0.2, 0) is 6.42 Å². The summed E-state index contributed by atoms with van der Waals surface area (Å²) in [5.41, 5.74) is 0.787. The second-order valence-corrected chi connectivity index (χ2v) is 5.25. The van der Waals surface area contributed by atoms with Gasteiger partial charge in [-0.2, -0.15) is 0 Å². The average molecular weight is 252 g/mol. The molecular weight excluding hydrogens is 236 g/mol. The number of rotatable bonds is 2. The van der Waals surface area contributed by atoms with Gasteiger partial charge in [-0.3, -0.25) is 4.79 Å². The molecule has 0 atom stereocenters. The SMILES string of the molecule is CCc1ccc(C(=O)N2CCC(=NO)CC2)s1. The molecule has 0 aromatic carbocycles. The number of carbonyl (C=O) groups is 1. The summed E-state index contributed by atoms with van der Waals surface area (Å²) in [4.78, 5) is 16.0. The van der Waals surface area contributed by atoms with E-state index >= 15 is 0 Å². The summed E-state index contributed by atoms with van der Waals surface area (Å²) < 4.78 is 0. The zero-order valence-electron chi connectivity index (χ0n) is 9.85. The molecule has 1 fully saturated rings. The predicted octanol–water partition coefficient (Wildman–Crippen LogP) is 2.38. The first kappa shape index (κ1) is 12.1. The lowest BCUT2D eigenvalue weighted by atomic mass is 10.1. The minimum atomic E-state index is 0.103. The van der Waals surface area contributed by atoms with Crippen molar-refractivity contribution < 1.29 is 10.0 Å². The van der Waals surface area contributed by atoms with Gasteiger partial charge >= 0.3 is 0 Å². The lowest BCUT2D eigenvalue weighted by Crippen LogP contribution is -2.38. The summed E-state index contributed by atoms with van der Waals surface area (Å²) in [6.45, 7) is 3.39. The Hall–Kier alpha value is -1.36. The Labute approximate surface area is 105 Å².